The van der Waals surface area contributed by atoms with Crippen LogP contribution in [0.25, 0.3) is 0 Å². The molecule has 0 aliphatic heterocycles. The third-order valence-corrected chi connectivity index (χ3v) is 0. The molecule has 0 atom stereocenters. The summed E-state index contributed by atoms with van der Waals surface area (Å²) in [5.74, 6) is 0. The summed E-state index contributed by atoms with van der Waals surface area (Å²) in [6, 6.07) is 1.39. The van der Waals surface area contributed by atoms with E-state index in [0.29, 0.717) is 0 Å². The fourth-order valence-corrected chi connectivity index (χ4v) is 0. The van der Waals surface area contributed by atoms with Crippen LogP contribution in [0.2, 0.25) is 6.04 Å². The summed E-state index contributed by atoms with van der Waals surface area (Å²) in [7, 11) is 1.37. The molecular formula is C2H9LiSi. The van der Waals surface area contributed by atoms with E-state index in [2.05, 4.69) is 6.92 Å². The molecule has 4 heavy (non-hydrogen) atoms. The minimum absolute atomic E-state index is 0. The molecule has 0 heterocycles. The first kappa shape index (κ1) is 8.84. The molecule has 0 spiro atoms. The van der Waals surface area contributed by atoms with Crippen LogP contribution in [-0.2, 0) is 0 Å². The molecular weight excluding hydrogens is 59.0 g/mol. The third-order valence-electron chi connectivity index (χ3n) is 0. The van der Waals surface area contributed by atoms with Crippen LogP contribution < -0.4 is 0 Å². The number of hydrogen-bond donors (Lipinski definition) is 0. The average molecular weight is 68.1 g/mol. The molecule has 0 N–H and O–H groups in total. The summed E-state index contributed by atoms with van der Waals surface area (Å²) in [6.45, 7) is 2.19. The summed E-state index contributed by atoms with van der Waals surface area (Å²) < 4.78 is 0. The molecule has 0 nitrogen and oxygen atoms in total. The van der Waals surface area contributed by atoms with Crippen LogP contribution in [0.1, 0.15) is 6.92 Å². The predicted octanol–water partition coefficient (Wildman–Crippen LogP) is -0.859. The van der Waals surface area contributed by atoms with Gasteiger partial charge in [-0.25, -0.2) is 0 Å². The quantitative estimate of drug-likeness (QED) is 0.324. The summed E-state index contributed by atoms with van der Waals surface area (Å²) in [6.07, 6.45) is 0. The molecule has 0 saturated heterocycles. The van der Waals surface area contributed by atoms with E-state index in [0.717, 1.165) is 0 Å². The molecule has 0 aliphatic carbocycles. The maximum atomic E-state index is 2.19. The van der Waals surface area contributed by atoms with Crippen molar-refractivity contribution >= 4 is 29.1 Å². The normalized spacial score (nSPS) is 5.25. The summed E-state index contributed by atoms with van der Waals surface area (Å²) in [5.41, 5.74) is 0. The summed E-state index contributed by atoms with van der Waals surface area (Å²) in [4.78, 5) is 0. The van der Waals surface area contributed by atoms with Crippen LogP contribution in [-0.4, -0.2) is 29.1 Å². The van der Waals surface area contributed by atoms with Crippen LogP contribution in [0.3, 0.4) is 0 Å². The Kier molecular flexibility index (Phi) is 20.3. The SMILES string of the molecule is CC[SiH3].[LiH]. The van der Waals surface area contributed by atoms with Gasteiger partial charge in [0.1, 0.15) is 0 Å². The van der Waals surface area contributed by atoms with Gasteiger partial charge in [-0.1, -0.05) is 13.0 Å². The van der Waals surface area contributed by atoms with Crippen molar-refractivity contribution in [3.8, 4) is 0 Å². The van der Waals surface area contributed by atoms with Crippen LogP contribution >= 0.6 is 0 Å². The van der Waals surface area contributed by atoms with Gasteiger partial charge in [-0.3, -0.25) is 0 Å². The molecule has 0 unspecified atom stereocenters. The van der Waals surface area contributed by atoms with Gasteiger partial charge in [-0.15, -0.1) is 0 Å². The van der Waals surface area contributed by atoms with Gasteiger partial charge in [0.2, 0.25) is 0 Å². The zero-order valence-electron chi connectivity index (χ0n) is 2.71. The van der Waals surface area contributed by atoms with E-state index in [-0.39, 0.29) is 18.9 Å². The molecule has 0 aromatic carbocycles. The molecule has 0 aromatic rings. The molecule has 0 bridgehead atoms. The van der Waals surface area contributed by atoms with E-state index >= 15 is 0 Å². The zero-order valence-corrected chi connectivity index (χ0v) is 4.71. The second kappa shape index (κ2) is 9.18. The van der Waals surface area contributed by atoms with Crippen molar-refractivity contribution in [1.29, 1.82) is 0 Å². The molecule has 0 fully saturated rings. The fraction of sp³-hybridized carbons (Fsp3) is 1.00. The van der Waals surface area contributed by atoms with E-state index in [1.54, 1.807) is 0 Å². The Morgan fingerprint density at radius 1 is 1.75 bits per heavy atom. The zero-order chi connectivity index (χ0) is 2.71. The van der Waals surface area contributed by atoms with Gasteiger partial charge in [-0.05, 0) is 0 Å². The average Bonchev–Trinajstić information content (AvgIpc) is 0.918. The third kappa shape index (κ3) is 14.0. The van der Waals surface area contributed by atoms with E-state index in [1.165, 1.54) is 16.3 Å². The monoisotopic (exact) mass is 68.1 g/mol. The van der Waals surface area contributed by atoms with Crippen LogP contribution in [0, 0.1) is 0 Å². The second-order valence-electron chi connectivity index (χ2n) is 0.707. The molecule has 0 aliphatic rings. The Hall–Kier alpha value is 0.814. The minimum atomic E-state index is 0. The maximum absolute atomic E-state index is 2.19. The molecule has 0 amide bonds. The van der Waals surface area contributed by atoms with Crippen molar-refractivity contribution in [2.24, 2.45) is 0 Å². The van der Waals surface area contributed by atoms with Gasteiger partial charge < -0.3 is 0 Å². The van der Waals surface area contributed by atoms with E-state index in [9.17, 15) is 0 Å². The topological polar surface area (TPSA) is 0 Å². The predicted molar refractivity (Wildman–Crippen MR) is 27.6 cm³/mol. The van der Waals surface area contributed by atoms with Gasteiger partial charge in [-0.2, -0.15) is 0 Å². The Morgan fingerprint density at radius 2 is 1.75 bits per heavy atom. The van der Waals surface area contributed by atoms with Crippen molar-refractivity contribution in [3.63, 3.8) is 0 Å². The Balaban J connectivity index is 0. The molecule has 0 aromatic heterocycles. The van der Waals surface area contributed by atoms with Crippen LogP contribution in [0.15, 0.2) is 0 Å². The second-order valence-corrected chi connectivity index (χ2v) is 2.12. The van der Waals surface area contributed by atoms with Gasteiger partial charge in [0.25, 0.3) is 0 Å². The Morgan fingerprint density at radius 3 is 1.75 bits per heavy atom. The summed E-state index contributed by atoms with van der Waals surface area (Å²) >= 11 is 0. The number of rotatable bonds is 0. The standard InChI is InChI=1S/C2H8Si.Li.H/c1-2-3;;/h2H2,1,3H3;;. The molecule has 0 saturated carbocycles. The molecule has 0 radical (unpaired) electrons. The van der Waals surface area contributed by atoms with Crippen molar-refractivity contribution in [2.75, 3.05) is 0 Å². The van der Waals surface area contributed by atoms with Crippen LogP contribution in [0.5, 0.6) is 0 Å². The Labute approximate surface area is 42.6 Å². The summed E-state index contributed by atoms with van der Waals surface area (Å²) in [5, 5.41) is 0. The van der Waals surface area contributed by atoms with Crippen LogP contribution in [0.4, 0.5) is 0 Å². The van der Waals surface area contributed by atoms with Crippen molar-refractivity contribution in [3.05, 3.63) is 0 Å². The van der Waals surface area contributed by atoms with E-state index in [4.69, 9.17) is 0 Å². The van der Waals surface area contributed by atoms with Gasteiger partial charge in [0.05, 0.1) is 0 Å². The van der Waals surface area contributed by atoms with Gasteiger partial charge in [0.15, 0.2) is 0 Å². The molecule has 0 rings (SSSR count). The van der Waals surface area contributed by atoms with Crippen molar-refractivity contribution in [2.45, 2.75) is 13.0 Å². The first-order chi connectivity index (χ1) is 1.41. The first-order valence-corrected chi connectivity index (χ1v) is 2.83. The van der Waals surface area contributed by atoms with Gasteiger partial charge >= 0.3 is 18.9 Å². The van der Waals surface area contributed by atoms with Gasteiger partial charge in [0, 0.05) is 10.2 Å². The fourth-order valence-electron chi connectivity index (χ4n) is 0. The number of hydrogen-bond acceptors (Lipinski definition) is 0. The van der Waals surface area contributed by atoms with Crippen molar-refractivity contribution in [1.82, 2.24) is 0 Å². The van der Waals surface area contributed by atoms with E-state index in [1.807, 2.05) is 0 Å². The first-order valence-electron chi connectivity index (χ1n) is 1.41. The van der Waals surface area contributed by atoms with Crippen molar-refractivity contribution < 1.29 is 0 Å². The molecule has 22 valence electrons. The van der Waals surface area contributed by atoms with E-state index < -0.39 is 0 Å². The Bertz CT molecular complexity index is 6.00. The molecule has 2 heteroatoms.